The van der Waals surface area contributed by atoms with Crippen LogP contribution in [0.1, 0.15) is 33.1 Å². The van der Waals surface area contributed by atoms with Crippen molar-refractivity contribution >= 4 is 0 Å². The summed E-state index contributed by atoms with van der Waals surface area (Å²) in [6.45, 7) is 4.17. The Hall–Kier alpha value is -1.02. The molecule has 0 bridgehead atoms. The molecule has 0 heterocycles. The molecule has 2 N–H and O–H groups in total. The van der Waals surface area contributed by atoms with Gasteiger partial charge in [-0.1, -0.05) is 38.5 Å². The first-order valence-corrected chi connectivity index (χ1v) is 5.23. The average molecular weight is 193 g/mol. The largest absolute Gasteiger partial charge is 0.473 e. The maximum absolute atomic E-state index is 6.12. The van der Waals surface area contributed by atoms with Gasteiger partial charge < -0.3 is 4.74 Å². The zero-order valence-electron chi connectivity index (χ0n) is 8.99. The summed E-state index contributed by atoms with van der Waals surface area (Å²) in [6, 6.07) is 9.76. The van der Waals surface area contributed by atoms with Gasteiger partial charge in [0.2, 0.25) is 0 Å². The molecule has 0 saturated carbocycles. The molecular weight excluding hydrogens is 174 g/mol. The van der Waals surface area contributed by atoms with E-state index >= 15 is 0 Å². The highest BCUT2D eigenvalue weighted by molar-refractivity contribution is 5.21. The molecule has 0 aliphatic heterocycles. The van der Waals surface area contributed by atoms with E-state index in [9.17, 15) is 0 Å². The fraction of sp³-hybridized carbons (Fsp3) is 0.500. The van der Waals surface area contributed by atoms with E-state index in [1.807, 2.05) is 30.3 Å². The van der Waals surface area contributed by atoms with Crippen LogP contribution in [0.2, 0.25) is 0 Å². The molecule has 2 nitrogen and oxygen atoms in total. The Balaban J connectivity index is 2.65. The van der Waals surface area contributed by atoms with E-state index in [0.29, 0.717) is 0 Å². The van der Waals surface area contributed by atoms with Crippen molar-refractivity contribution in [3.05, 3.63) is 30.3 Å². The van der Waals surface area contributed by atoms with Crippen molar-refractivity contribution < 1.29 is 4.74 Å². The predicted molar refractivity (Wildman–Crippen MR) is 59.2 cm³/mol. The number of hydrogen-bond donors (Lipinski definition) is 1. The molecule has 14 heavy (non-hydrogen) atoms. The van der Waals surface area contributed by atoms with Crippen LogP contribution in [0.25, 0.3) is 0 Å². The molecule has 0 amide bonds. The van der Waals surface area contributed by atoms with Gasteiger partial charge in [-0.25, -0.2) is 0 Å². The van der Waals surface area contributed by atoms with Crippen LogP contribution in [0.5, 0.6) is 5.75 Å². The van der Waals surface area contributed by atoms with Crippen LogP contribution in [0, 0.1) is 0 Å². The zero-order valence-corrected chi connectivity index (χ0v) is 8.99. The van der Waals surface area contributed by atoms with E-state index in [0.717, 1.165) is 25.0 Å². The number of hydrogen-bond acceptors (Lipinski definition) is 2. The summed E-state index contributed by atoms with van der Waals surface area (Å²) in [4.78, 5) is 0. The summed E-state index contributed by atoms with van der Waals surface area (Å²) in [7, 11) is 0. The van der Waals surface area contributed by atoms with E-state index < -0.39 is 5.72 Å². The third kappa shape index (κ3) is 3.04. The van der Waals surface area contributed by atoms with Gasteiger partial charge in [-0.3, -0.25) is 5.73 Å². The molecule has 0 saturated heterocycles. The molecule has 1 unspecified atom stereocenters. The first kappa shape index (κ1) is 11.1. The summed E-state index contributed by atoms with van der Waals surface area (Å²) in [5, 5.41) is 0. The van der Waals surface area contributed by atoms with Crippen molar-refractivity contribution in [2.75, 3.05) is 0 Å². The average Bonchev–Trinajstić information content (AvgIpc) is 2.20. The maximum atomic E-state index is 6.12. The third-order valence-electron chi connectivity index (χ3n) is 2.34. The van der Waals surface area contributed by atoms with E-state index in [1.165, 1.54) is 0 Å². The van der Waals surface area contributed by atoms with Gasteiger partial charge in [-0.15, -0.1) is 0 Å². The highest BCUT2D eigenvalue weighted by Gasteiger charge is 2.23. The Labute approximate surface area is 86.1 Å². The molecule has 0 aliphatic rings. The second-order valence-electron chi connectivity index (χ2n) is 3.58. The number of para-hydroxylation sites is 1. The molecule has 0 fully saturated rings. The standard InChI is InChI=1S/C12H19NO/c1-3-10-12(13,4-2)14-11-8-6-5-7-9-11/h5-9H,3-4,10,13H2,1-2H3. The number of rotatable bonds is 5. The van der Waals surface area contributed by atoms with E-state index in [4.69, 9.17) is 10.5 Å². The van der Waals surface area contributed by atoms with Gasteiger partial charge >= 0.3 is 0 Å². The second kappa shape index (κ2) is 5.01. The van der Waals surface area contributed by atoms with Crippen LogP contribution in [0.15, 0.2) is 30.3 Å². The van der Waals surface area contributed by atoms with Gasteiger partial charge in [0.15, 0.2) is 5.72 Å². The summed E-state index contributed by atoms with van der Waals surface area (Å²) in [6.07, 6.45) is 2.76. The summed E-state index contributed by atoms with van der Waals surface area (Å²) in [5.41, 5.74) is 5.61. The fourth-order valence-corrected chi connectivity index (χ4v) is 1.45. The van der Waals surface area contributed by atoms with Crippen LogP contribution < -0.4 is 10.5 Å². The Bertz CT molecular complexity index is 260. The normalized spacial score (nSPS) is 14.8. The number of ether oxygens (including phenoxy) is 1. The van der Waals surface area contributed by atoms with Gasteiger partial charge in [-0.2, -0.15) is 0 Å². The van der Waals surface area contributed by atoms with Crippen molar-refractivity contribution in [3.63, 3.8) is 0 Å². The molecule has 0 aromatic heterocycles. The Morgan fingerprint density at radius 1 is 1.21 bits per heavy atom. The fourth-order valence-electron chi connectivity index (χ4n) is 1.45. The van der Waals surface area contributed by atoms with Crippen LogP contribution >= 0.6 is 0 Å². The summed E-state index contributed by atoms with van der Waals surface area (Å²) < 4.78 is 5.77. The van der Waals surface area contributed by atoms with Crippen LogP contribution in [-0.4, -0.2) is 5.72 Å². The molecule has 1 rings (SSSR count). The van der Waals surface area contributed by atoms with Gasteiger partial charge in [0.05, 0.1) is 0 Å². The summed E-state index contributed by atoms with van der Waals surface area (Å²) >= 11 is 0. The predicted octanol–water partition coefficient (Wildman–Crippen LogP) is 2.93. The first-order chi connectivity index (χ1) is 6.70. The molecule has 0 spiro atoms. The third-order valence-corrected chi connectivity index (χ3v) is 2.34. The lowest BCUT2D eigenvalue weighted by atomic mass is 10.1. The highest BCUT2D eigenvalue weighted by Crippen LogP contribution is 2.20. The van der Waals surface area contributed by atoms with Gasteiger partial charge in [0.1, 0.15) is 5.75 Å². The van der Waals surface area contributed by atoms with Crippen molar-refractivity contribution in [3.8, 4) is 5.75 Å². The Morgan fingerprint density at radius 3 is 2.36 bits per heavy atom. The smallest absolute Gasteiger partial charge is 0.158 e. The molecule has 0 aliphatic carbocycles. The van der Waals surface area contributed by atoms with E-state index in [-0.39, 0.29) is 0 Å². The molecule has 1 atom stereocenters. The van der Waals surface area contributed by atoms with Crippen molar-refractivity contribution in [1.29, 1.82) is 0 Å². The quantitative estimate of drug-likeness (QED) is 0.730. The molecular formula is C12H19NO. The second-order valence-corrected chi connectivity index (χ2v) is 3.58. The lowest BCUT2D eigenvalue weighted by molar-refractivity contribution is 0.0611. The molecule has 2 heteroatoms. The van der Waals surface area contributed by atoms with Gasteiger partial charge in [0.25, 0.3) is 0 Å². The minimum absolute atomic E-state index is 0.504. The maximum Gasteiger partial charge on any atom is 0.158 e. The Morgan fingerprint density at radius 2 is 1.86 bits per heavy atom. The number of nitrogens with two attached hydrogens (primary N) is 1. The van der Waals surface area contributed by atoms with Gasteiger partial charge in [-0.05, 0) is 18.6 Å². The van der Waals surface area contributed by atoms with Crippen molar-refractivity contribution in [2.24, 2.45) is 5.73 Å². The topological polar surface area (TPSA) is 35.2 Å². The molecule has 0 radical (unpaired) electrons. The van der Waals surface area contributed by atoms with Crippen LogP contribution in [0.4, 0.5) is 0 Å². The summed E-state index contributed by atoms with van der Waals surface area (Å²) in [5.74, 6) is 0.852. The zero-order chi connectivity index (χ0) is 10.4. The van der Waals surface area contributed by atoms with Crippen LogP contribution in [0.3, 0.4) is 0 Å². The van der Waals surface area contributed by atoms with E-state index in [2.05, 4.69) is 13.8 Å². The minimum atomic E-state index is -0.504. The minimum Gasteiger partial charge on any atom is -0.473 e. The SMILES string of the molecule is CCCC(N)(CC)Oc1ccccc1. The van der Waals surface area contributed by atoms with Crippen molar-refractivity contribution in [2.45, 2.75) is 38.8 Å². The van der Waals surface area contributed by atoms with Gasteiger partial charge in [0, 0.05) is 6.42 Å². The number of benzene rings is 1. The Kier molecular flexibility index (Phi) is 3.96. The molecule has 78 valence electrons. The lowest BCUT2D eigenvalue weighted by Crippen LogP contribution is -2.45. The van der Waals surface area contributed by atoms with Crippen LogP contribution in [-0.2, 0) is 0 Å². The molecule has 1 aromatic rings. The first-order valence-electron chi connectivity index (χ1n) is 5.23. The monoisotopic (exact) mass is 193 g/mol. The lowest BCUT2D eigenvalue weighted by Gasteiger charge is -2.29. The van der Waals surface area contributed by atoms with Crippen molar-refractivity contribution in [1.82, 2.24) is 0 Å². The molecule has 1 aromatic carbocycles. The van der Waals surface area contributed by atoms with E-state index in [1.54, 1.807) is 0 Å². The highest BCUT2D eigenvalue weighted by atomic mass is 16.5.